The number of rotatable bonds is 1. The number of nitrogens with zero attached hydrogens (tertiary/aromatic N) is 1. The smallest absolute Gasteiger partial charge is 0.0703 e. The molecule has 56 valence electrons. The van der Waals surface area contributed by atoms with Crippen LogP contribution in [0.25, 0.3) is 0 Å². The molecule has 0 aromatic rings. The van der Waals surface area contributed by atoms with Gasteiger partial charge >= 0.3 is 0 Å². The highest BCUT2D eigenvalue weighted by molar-refractivity contribution is 5.01. The molecule has 0 aromatic carbocycles. The Kier molecular flexibility index (Phi) is 2.29. The summed E-state index contributed by atoms with van der Waals surface area (Å²) in [5, 5.41) is 8.81. The fourth-order valence-electron chi connectivity index (χ4n) is 1.59. The van der Waals surface area contributed by atoms with Gasteiger partial charge in [-0.05, 0) is 12.8 Å². The van der Waals surface area contributed by atoms with Gasteiger partial charge in [-0.25, -0.2) is 0 Å². The molecule has 10 heavy (non-hydrogen) atoms. The van der Waals surface area contributed by atoms with Crippen molar-refractivity contribution in [1.82, 2.24) is 0 Å². The van der Waals surface area contributed by atoms with E-state index >= 15 is 0 Å². The fourth-order valence-corrected chi connectivity index (χ4v) is 1.59. The van der Waals surface area contributed by atoms with Crippen LogP contribution < -0.4 is 5.73 Å². The van der Waals surface area contributed by atoms with Gasteiger partial charge < -0.3 is 5.73 Å². The predicted octanol–water partition coefficient (Wildman–Crippen LogP) is 1.42. The summed E-state index contributed by atoms with van der Waals surface area (Å²) in [6.45, 7) is 0.545. The molecular formula is C8H14N2. The van der Waals surface area contributed by atoms with Crippen LogP contribution in [0.5, 0.6) is 0 Å². The van der Waals surface area contributed by atoms with Crippen LogP contribution in [0.1, 0.15) is 32.1 Å². The van der Waals surface area contributed by atoms with Gasteiger partial charge in [-0.1, -0.05) is 19.3 Å². The molecule has 1 rings (SSSR count). The Bertz CT molecular complexity index is 140. The van der Waals surface area contributed by atoms with E-state index in [4.69, 9.17) is 11.0 Å². The topological polar surface area (TPSA) is 49.8 Å². The Balaban J connectivity index is 2.55. The van der Waals surface area contributed by atoms with E-state index in [1.807, 2.05) is 0 Å². The zero-order valence-corrected chi connectivity index (χ0v) is 6.27. The number of hydrogen-bond acceptors (Lipinski definition) is 2. The molecule has 1 fully saturated rings. The summed E-state index contributed by atoms with van der Waals surface area (Å²) >= 11 is 0. The molecule has 0 unspecified atom stereocenters. The average molecular weight is 138 g/mol. The number of nitrogens with two attached hydrogens (primary N) is 1. The van der Waals surface area contributed by atoms with Crippen molar-refractivity contribution >= 4 is 0 Å². The first-order valence-corrected chi connectivity index (χ1v) is 3.94. The summed E-state index contributed by atoms with van der Waals surface area (Å²) in [6.07, 6.45) is 5.68. The first-order valence-electron chi connectivity index (χ1n) is 3.94. The van der Waals surface area contributed by atoms with Gasteiger partial charge in [-0.2, -0.15) is 5.26 Å². The van der Waals surface area contributed by atoms with Crippen LogP contribution in [0.15, 0.2) is 0 Å². The second kappa shape index (κ2) is 3.03. The molecule has 0 radical (unpaired) electrons. The zero-order chi connectivity index (χ0) is 7.45. The molecule has 0 aromatic heterocycles. The molecule has 2 N–H and O–H groups in total. The van der Waals surface area contributed by atoms with Crippen LogP contribution in [0.3, 0.4) is 0 Å². The highest BCUT2D eigenvalue weighted by atomic mass is 14.6. The van der Waals surface area contributed by atoms with E-state index in [-0.39, 0.29) is 5.41 Å². The van der Waals surface area contributed by atoms with Gasteiger partial charge in [0.05, 0.1) is 11.5 Å². The number of hydrogen-bond donors (Lipinski definition) is 1. The van der Waals surface area contributed by atoms with E-state index < -0.39 is 0 Å². The second-order valence-corrected chi connectivity index (χ2v) is 3.16. The summed E-state index contributed by atoms with van der Waals surface area (Å²) in [4.78, 5) is 0. The molecule has 0 bridgehead atoms. The van der Waals surface area contributed by atoms with Crippen molar-refractivity contribution < 1.29 is 0 Å². The lowest BCUT2D eigenvalue weighted by Crippen LogP contribution is -2.30. The Hall–Kier alpha value is -0.550. The normalized spacial score (nSPS) is 23.6. The lowest BCUT2D eigenvalue weighted by Gasteiger charge is -2.28. The van der Waals surface area contributed by atoms with E-state index in [2.05, 4.69) is 6.07 Å². The van der Waals surface area contributed by atoms with Crippen LogP contribution in [0.4, 0.5) is 0 Å². The average Bonchev–Trinajstić information content (AvgIpc) is 2.06. The van der Waals surface area contributed by atoms with Gasteiger partial charge in [0.1, 0.15) is 0 Å². The Morgan fingerprint density at radius 1 is 1.30 bits per heavy atom. The Morgan fingerprint density at radius 2 is 1.90 bits per heavy atom. The first kappa shape index (κ1) is 7.56. The van der Waals surface area contributed by atoms with Crippen LogP contribution in [-0.4, -0.2) is 6.54 Å². The molecule has 0 heterocycles. The third kappa shape index (κ3) is 1.30. The quantitative estimate of drug-likeness (QED) is 0.595. The van der Waals surface area contributed by atoms with E-state index in [0.29, 0.717) is 6.54 Å². The SMILES string of the molecule is N#CC1(CN)CCCCC1. The summed E-state index contributed by atoms with van der Waals surface area (Å²) in [7, 11) is 0. The molecule has 0 amide bonds. The standard InChI is InChI=1S/C8H14N2/c9-6-8(7-10)4-2-1-3-5-8/h1-6,9H2. The van der Waals surface area contributed by atoms with Crippen molar-refractivity contribution in [2.45, 2.75) is 32.1 Å². The molecule has 2 nitrogen and oxygen atoms in total. The van der Waals surface area contributed by atoms with Crippen molar-refractivity contribution in [1.29, 1.82) is 5.26 Å². The summed E-state index contributed by atoms with van der Waals surface area (Å²) in [6, 6.07) is 2.34. The van der Waals surface area contributed by atoms with E-state index in [1.54, 1.807) is 0 Å². The molecule has 1 aliphatic rings. The van der Waals surface area contributed by atoms with Gasteiger partial charge in [-0.15, -0.1) is 0 Å². The molecule has 0 aliphatic heterocycles. The molecule has 1 saturated carbocycles. The maximum atomic E-state index is 8.81. The monoisotopic (exact) mass is 138 g/mol. The molecule has 0 saturated heterocycles. The van der Waals surface area contributed by atoms with Crippen molar-refractivity contribution in [2.24, 2.45) is 11.1 Å². The molecule has 0 spiro atoms. The van der Waals surface area contributed by atoms with Gasteiger partial charge in [0.25, 0.3) is 0 Å². The largest absolute Gasteiger partial charge is 0.329 e. The first-order chi connectivity index (χ1) is 4.83. The van der Waals surface area contributed by atoms with Gasteiger partial charge in [0.15, 0.2) is 0 Å². The molecule has 1 aliphatic carbocycles. The minimum absolute atomic E-state index is 0.155. The number of nitriles is 1. The summed E-state index contributed by atoms with van der Waals surface area (Å²) in [5.41, 5.74) is 5.37. The fraction of sp³-hybridized carbons (Fsp3) is 0.875. The molecule has 2 heteroatoms. The lowest BCUT2D eigenvalue weighted by atomic mass is 9.75. The van der Waals surface area contributed by atoms with Crippen molar-refractivity contribution in [3.63, 3.8) is 0 Å². The second-order valence-electron chi connectivity index (χ2n) is 3.16. The van der Waals surface area contributed by atoms with E-state index in [1.165, 1.54) is 19.3 Å². The van der Waals surface area contributed by atoms with E-state index in [9.17, 15) is 0 Å². The lowest BCUT2D eigenvalue weighted by molar-refractivity contribution is 0.277. The third-order valence-corrected chi connectivity index (χ3v) is 2.44. The predicted molar refractivity (Wildman–Crippen MR) is 40.2 cm³/mol. The van der Waals surface area contributed by atoms with Crippen LogP contribution in [0, 0.1) is 16.7 Å². The van der Waals surface area contributed by atoms with E-state index in [0.717, 1.165) is 12.8 Å². The minimum Gasteiger partial charge on any atom is -0.329 e. The zero-order valence-electron chi connectivity index (χ0n) is 6.27. The molecule has 0 atom stereocenters. The molecular weight excluding hydrogens is 124 g/mol. The van der Waals surface area contributed by atoms with Crippen LogP contribution in [-0.2, 0) is 0 Å². The van der Waals surface area contributed by atoms with Crippen molar-refractivity contribution in [3.05, 3.63) is 0 Å². The highest BCUT2D eigenvalue weighted by Crippen LogP contribution is 2.34. The Labute approximate surface area is 62.0 Å². The summed E-state index contributed by atoms with van der Waals surface area (Å²) < 4.78 is 0. The van der Waals surface area contributed by atoms with Gasteiger partial charge in [0.2, 0.25) is 0 Å². The van der Waals surface area contributed by atoms with Crippen LogP contribution >= 0.6 is 0 Å². The minimum atomic E-state index is -0.155. The maximum Gasteiger partial charge on any atom is 0.0703 e. The highest BCUT2D eigenvalue weighted by Gasteiger charge is 2.29. The third-order valence-electron chi connectivity index (χ3n) is 2.44. The van der Waals surface area contributed by atoms with Gasteiger partial charge in [0, 0.05) is 6.54 Å². The van der Waals surface area contributed by atoms with Gasteiger partial charge in [-0.3, -0.25) is 0 Å². The summed E-state index contributed by atoms with van der Waals surface area (Å²) in [5.74, 6) is 0. The maximum absolute atomic E-state index is 8.81. The van der Waals surface area contributed by atoms with Crippen molar-refractivity contribution in [2.75, 3.05) is 6.54 Å². The Morgan fingerprint density at radius 3 is 2.20 bits per heavy atom. The van der Waals surface area contributed by atoms with Crippen LogP contribution in [0.2, 0.25) is 0 Å². The van der Waals surface area contributed by atoms with Crippen molar-refractivity contribution in [3.8, 4) is 6.07 Å².